The van der Waals surface area contributed by atoms with Crippen LogP contribution in [0.5, 0.6) is 0 Å². The summed E-state index contributed by atoms with van der Waals surface area (Å²) in [4.78, 5) is 13.7. The minimum absolute atomic E-state index is 0.0102. The first-order chi connectivity index (χ1) is 9.52. The zero-order valence-electron chi connectivity index (χ0n) is 11.8. The maximum Gasteiger partial charge on any atom is 0.161 e. The number of carbonyl (C=O) groups excluding carboxylic acids is 1. The number of benzene rings is 2. The van der Waals surface area contributed by atoms with E-state index in [1.807, 2.05) is 43.1 Å². The molecule has 2 aromatic rings. The molecule has 2 rings (SSSR count). The van der Waals surface area contributed by atoms with Gasteiger partial charge in [-0.2, -0.15) is 5.26 Å². The number of Topliss-reactive ketones (excluding diaryl/α,β-unsaturated/α-hetero) is 1. The van der Waals surface area contributed by atoms with Crippen molar-refractivity contribution in [1.82, 2.24) is 0 Å². The van der Waals surface area contributed by atoms with E-state index in [2.05, 4.69) is 6.07 Å². The Hall–Kier alpha value is -2.60. The summed E-state index contributed by atoms with van der Waals surface area (Å²) in [5, 5.41) is 9.03. The lowest BCUT2D eigenvalue weighted by molar-refractivity contribution is 0.101. The van der Waals surface area contributed by atoms with E-state index in [9.17, 15) is 4.79 Å². The van der Waals surface area contributed by atoms with Crippen molar-refractivity contribution in [3.05, 3.63) is 59.2 Å². The molecule has 3 heteroatoms. The van der Waals surface area contributed by atoms with Crippen LogP contribution in [0, 0.1) is 18.3 Å². The minimum atomic E-state index is -0.0102. The van der Waals surface area contributed by atoms with E-state index in [1.54, 1.807) is 18.2 Å². The predicted octanol–water partition coefficient (Wildman–Crippen LogP) is 3.84. The van der Waals surface area contributed by atoms with Gasteiger partial charge in [0.2, 0.25) is 0 Å². The molecule has 0 saturated carbocycles. The zero-order chi connectivity index (χ0) is 14.7. The number of carbonyl (C=O) groups is 1. The van der Waals surface area contributed by atoms with E-state index >= 15 is 0 Å². The predicted molar refractivity (Wildman–Crippen MR) is 80.4 cm³/mol. The lowest BCUT2D eigenvalue weighted by atomic mass is 10.0. The Balaban J connectivity index is 2.55. The van der Waals surface area contributed by atoms with Crippen molar-refractivity contribution in [1.29, 1.82) is 5.26 Å². The molecule has 0 unspecified atom stereocenters. The number of nitriles is 1. The van der Waals surface area contributed by atoms with E-state index < -0.39 is 0 Å². The van der Waals surface area contributed by atoms with E-state index in [-0.39, 0.29) is 5.78 Å². The maximum absolute atomic E-state index is 11.8. The molecular formula is C17H16N2O. The fourth-order valence-corrected chi connectivity index (χ4v) is 2.15. The first-order valence-corrected chi connectivity index (χ1v) is 6.38. The van der Waals surface area contributed by atoms with Gasteiger partial charge in [0.15, 0.2) is 5.78 Å². The number of aryl methyl sites for hydroxylation is 1. The summed E-state index contributed by atoms with van der Waals surface area (Å²) in [6.07, 6.45) is 0. The number of anilines is 2. The quantitative estimate of drug-likeness (QED) is 0.791. The van der Waals surface area contributed by atoms with Crippen LogP contribution in [0.1, 0.15) is 28.4 Å². The van der Waals surface area contributed by atoms with Crippen molar-refractivity contribution in [2.24, 2.45) is 0 Å². The van der Waals surface area contributed by atoms with Gasteiger partial charge in [-0.25, -0.2) is 0 Å². The van der Waals surface area contributed by atoms with Crippen molar-refractivity contribution in [3.8, 4) is 6.07 Å². The molecule has 100 valence electrons. The Morgan fingerprint density at radius 2 is 1.95 bits per heavy atom. The first-order valence-electron chi connectivity index (χ1n) is 6.38. The number of ketones is 1. The monoisotopic (exact) mass is 264 g/mol. The Kier molecular flexibility index (Phi) is 3.86. The Morgan fingerprint density at radius 1 is 1.20 bits per heavy atom. The zero-order valence-corrected chi connectivity index (χ0v) is 11.8. The van der Waals surface area contributed by atoms with Crippen LogP contribution in [0.3, 0.4) is 0 Å². The highest BCUT2D eigenvalue weighted by Gasteiger charge is 2.13. The van der Waals surface area contributed by atoms with Crippen molar-refractivity contribution in [3.63, 3.8) is 0 Å². The van der Waals surface area contributed by atoms with Gasteiger partial charge in [-0.15, -0.1) is 0 Å². The topological polar surface area (TPSA) is 44.1 Å². The largest absolute Gasteiger partial charge is 0.344 e. The van der Waals surface area contributed by atoms with Gasteiger partial charge in [-0.1, -0.05) is 12.1 Å². The molecule has 2 aromatic carbocycles. The molecule has 0 aliphatic heterocycles. The normalized spacial score (nSPS) is 9.90. The second kappa shape index (κ2) is 5.58. The molecule has 0 aromatic heterocycles. The second-order valence-electron chi connectivity index (χ2n) is 4.80. The van der Waals surface area contributed by atoms with Crippen LogP contribution in [0.4, 0.5) is 11.4 Å². The van der Waals surface area contributed by atoms with Crippen LogP contribution in [0.25, 0.3) is 0 Å². The van der Waals surface area contributed by atoms with E-state index in [0.717, 1.165) is 16.9 Å². The van der Waals surface area contributed by atoms with Crippen LogP contribution in [0.2, 0.25) is 0 Å². The molecule has 0 N–H and O–H groups in total. The molecule has 0 bridgehead atoms. The molecule has 0 aliphatic rings. The number of hydrogen-bond donors (Lipinski definition) is 0. The average molecular weight is 264 g/mol. The van der Waals surface area contributed by atoms with Crippen LogP contribution < -0.4 is 4.90 Å². The molecule has 20 heavy (non-hydrogen) atoms. The molecule has 0 fully saturated rings. The standard InChI is InChI=1S/C17H16N2O/c1-12-5-4-6-15(9-12)19(3)17-10-14(11-18)7-8-16(17)13(2)20/h4-10H,1-3H3. The molecular weight excluding hydrogens is 248 g/mol. The minimum Gasteiger partial charge on any atom is -0.344 e. The summed E-state index contributed by atoms with van der Waals surface area (Å²) in [6.45, 7) is 3.56. The Morgan fingerprint density at radius 3 is 2.55 bits per heavy atom. The van der Waals surface area contributed by atoms with Gasteiger partial charge < -0.3 is 4.90 Å². The van der Waals surface area contributed by atoms with Crippen molar-refractivity contribution in [2.75, 3.05) is 11.9 Å². The van der Waals surface area contributed by atoms with Gasteiger partial charge >= 0.3 is 0 Å². The highest BCUT2D eigenvalue weighted by Crippen LogP contribution is 2.29. The number of nitrogens with zero attached hydrogens (tertiary/aromatic N) is 2. The lowest BCUT2D eigenvalue weighted by Crippen LogP contribution is -2.13. The van der Waals surface area contributed by atoms with E-state index in [4.69, 9.17) is 5.26 Å². The van der Waals surface area contributed by atoms with Crippen LogP contribution >= 0.6 is 0 Å². The number of rotatable bonds is 3. The van der Waals surface area contributed by atoms with Gasteiger partial charge in [0.05, 0.1) is 17.3 Å². The summed E-state index contributed by atoms with van der Waals surface area (Å²) in [6, 6.07) is 15.3. The SMILES string of the molecule is CC(=O)c1ccc(C#N)cc1N(C)c1cccc(C)c1. The van der Waals surface area contributed by atoms with E-state index in [0.29, 0.717) is 11.1 Å². The third-order valence-electron chi connectivity index (χ3n) is 3.26. The Labute approximate surface area is 119 Å². The third kappa shape index (κ3) is 2.70. The molecule has 0 radical (unpaired) electrons. The highest BCUT2D eigenvalue weighted by molar-refractivity contribution is 6.00. The van der Waals surface area contributed by atoms with Gasteiger partial charge in [0.25, 0.3) is 0 Å². The van der Waals surface area contributed by atoms with Gasteiger partial charge in [0, 0.05) is 18.3 Å². The van der Waals surface area contributed by atoms with Gasteiger partial charge in [-0.3, -0.25) is 4.79 Å². The van der Waals surface area contributed by atoms with Gasteiger partial charge in [-0.05, 0) is 49.7 Å². The second-order valence-corrected chi connectivity index (χ2v) is 4.80. The van der Waals surface area contributed by atoms with Crippen molar-refractivity contribution < 1.29 is 4.79 Å². The molecule has 0 saturated heterocycles. The Bertz CT molecular complexity index is 698. The molecule has 0 spiro atoms. The molecule has 0 aliphatic carbocycles. The summed E-state index contributed by atoms with van der Waals surface area (Å²) >= 11 is 0. The summed E-state index contributed by atoms with van der Waals surface area (Å²) in [5.74, 6) is -0.0102. The average Bonchev–Trinajstić information content (AvgIpc) is 2.45. The maximum atomic E-state index is 11.8. The molecule has 0 amide bonds. The lowest BCUT2D eigenvalue weighted by Gasteiger charge is -2.22. The van der Waals surface area contributed by atoms with Gasteiger partial charge in [0.1, 0.15) is 0 Å². The summed E-state index contributed by atoms with van der Waals surface area (Å²) < 4.78 is 0. The number of hydrogen-bond acceptors (Lipinski definition) is 3. The summed E-state index contributed by atoms with van der Waals surface area (Å²) in [7, 11) is 1.90. The molecule has 0 heterocycles. The third-order valence-corrected chi connectivity index (χ3v) is 3.26. The molecule has 0 atom stereocenters. The highest BCUT2D eigenvalue weighted by atomic mass is 16.1. The van der Waals surface area contributed by atoms with E-state index in [1.165, 1.54) is 6.92 Å². The first kappa shape index (κ1) is 13.8. The fourth-order valence-electron chi connectivity index (χ4n) is 2.15. The van der Waals surface area contributed by atoms with Crippen LogP contribution in [0.15, 0.2) is 42.5 Å². The van der Waals surface area contributed by atoms with Crippen LogP contribution in [-0.2, 0) is 0 Å². The van der Waals surface area contributed by atoms with Crippen molar-refractivity contribution in [2.45, 2.75) is 13.8 Å². The van der Waals surface area contributed by atoms with Crippen LogP contribution in [-0.4, -0.2) is 12.8 Å². The smallest absolute Gasteiger partial charge is 0.161 e. The fraction of sp³-hybridized carbons (Fsp3) is 0.176. The summed E-state index contributed by atoms with van der Waals surface area (Å²) in [5.41, 5.74) is 4.05. The van der Waals surface area contributed by atoms with Crippen molar-refractivity contribution >= 4 is 17.2 Å². The molecule has 3 nitrogen and oxygen atoms in total.